The monoisotopic (exact) mass is 318 g/mol. The molecule has 72 valence electrons. The normalized spacial score (nSPS) is 10.8. The van der Waals surface area contributed by atoms with Crippen LogP contribution in [-0.2, 0) is 5.88 Å². The van der Waals surface area contributed by atoms with Crippen LogP contribution in [0.3, 0.4) is 0 Å². The first kappa shape index (κ1) is 10.9. The number of nitrogens with zero attached hydrogens (tertiary/aromatic N) is 1. The highest BCUT2D eigenvalue weighted by Gasteiger charge is 2.15. The minimum Gasteiger partial charge on any atom is -0.383 e. The number of nitrogen functional groups attached to an aromatic ring is 1. The van der Waals surface area contributed by atoms with Crippen molar-refractivity contribution in [2.75, 3.05) is 5.73 Å². The summed E-state index contributed by atoms with van der Waals surface area (Å²) in [5, 5.41) is 0. The fraction of sp³-hybridized carbons (Fsp3) is 0.286. The van der Waals surface area contributed by atoms with Crippen molar-refractivity contribution in [3.63, 3.8) is 0 Å². The second kappa shape index (κ2) is 4.36. The summed E-state index contributed by atoms with van der Waals surface area (Å²) in [7, 11) is 0. The van der Waals surface area contributed by atoms with Crippen LogP contribution in [0.1, 0.15) is 17.6 Å². The van der Waals surface area contributed by atoms with Crippen molar-refractivity contribution >= 4 is 40.0 Å². The molecule has 0 aliphatic carbocycles. The zero-order valence-electron chi connectivity index (χ0n) is 6.40. The van der Waals surface area contributed by atoms with Crippen molar-refractivity contribution < 1.29 is 8.78 Å². The maximum Gasteiger partial charge on any atom is 0.266 e. The van der Waals surface area contributed by atoms with Gasteiger partial charge in [-0.15, -0.1) is 11.6 Å². The van der Waals surface area contributed by atoms with E-state index >= 15 is 0 Å². The second-order valence-corrected chi connectivity index (χ2v) is 3.64. The van der Waals surface area contributed by atoms with E-state index in [1.54, 1.807) is 22.6 Å². The van der Waals surface area contributed by atoms with Crippen molar-refractivity contribution in [2.45, 2.75) is 12.3 Å². The summed E-state index contributed by atoms with van der Waals surface area (Å²) in [6.45, 7) is 0. The highest BCUT2D eigenvalue weighted by molar-refractivity contribution is 14.1. The van der Waals surface area contributed by atoms with Gasteiger partial charge >= 0.3 is 0 Å². The van der Waals surface area contributed by atoms with E-state index in [9.17, 15) is 8.78 Å². The fourth-order valence-electron chi connectivity index (χ4n) is 0.823. The number of rotatable bonds is 2. The molecule has 13 heavy (non-hydrogen) atoms. The molecular weight excluding hydrogens is 312 g/mol. The van der Waals surface area contributed by atoms with Gasteiger partial charge in [-0.2, -0.15) is 0 Å². The summed E-state index contributed by atoms with van der Waals surface area (Å²) in [4.78, 5) is 3.77. The molecule has 0 saturated carbocycles. The van der Waals surface area contributed by atoms with Crippen LogP contribution in [0.15, 0.2) is 6.07 Å². The van der Waals surface area contributed by atoms with Crippen LogP contribution < -0.4 is 5.73 Å². The van der Waals surface area contributed by atoms with Crippen LogP contribution >= 0.6 is 34.2 Å². The standard InChI is InChI=1S/C7H6ClF2IN2/c8-2-3-1-4(5(9)10)6(11)13-7(3)12/h1,5H,2H2,(H2,12,13). The van der Waals surface area contributed by atoms with E-state index in [0.717, 1.165) is 0 Å². The SMILES string of the molecule is Nc1nc(I)c(C(F)F)cc1CCl. The first-order valence-electron chi connectivity index (χ1n) is 3.35. The Morgan fingerprint density at radius 2 is 2.23 bits per heavy atom. The molecule has 0 fully saturated rings. The predicted molar refractivity (Wildman–Crippen MR) is 55.9 cm³/mol. The summed E-state index contributed by atoms with van der Waals surface area (Å²) in [5.41, 5.74) is 5.78. The lowest BCUT2D eigenvalue weighted by Gasteiger charge is -2.06. The van der Waals surface area contributed by atoms with E-state index in [-0.39, 0.29) is 21.0 Å². The summed E-state index contributed by atoms with van der Waals surface area (Å²) < 4.78 is 24.9. The molecule has 1 rings (SSSR count). The lowest BCUT2D eigenvalue weighted by Crippen LogP contribution is -2.02. The molecule has 6 heteroatoms. The zero-order chi connectivity index (χ0) is 10.0. The smallest absolute Gasteiger partial charge is 0.266 e. The number of hydrogen-bond donors (Lipinski definition) is 1. The van der Waals surface area contributed by atoms with Crippen LogP contribution in [0.5, 0.6) is 0 Å². The zero-order valence-corrected chi connectivity index (χ0v) is 9.31. The topological polar surface area (TPSA) is 38.9 Å². The number of hydrogen-bond acceptors (Lipinski definition) is 2. The molecule has 0 radical (unpaired) electrons. The van der Waals surface area contributed by atoms with Gasteiger partial charge < -0.3 is 5.73 Å². The molecular formula is C7H6ClF2IN2. The number of pyridine rings is 1. The van der Waals surface area contributed by atoms with Crippen LogP contribution in [0.2, 0.25) is 0 Å². The molecule has 1 aromatic rings. The van der Waals surface area contributed by atoms with Crippen molar-refractivity contribution in [2.24, 2.45) is 0 Å². The molecule has 0 unspecified atom stereocenters. The van der Waals surface area contributed by atoms with Crippen LogP contribution in [0.25, 0.3) is 0 Å². The van der Waals surface area contributed by atoms with Gasteiger partial charge in [0, 0.05) is 5.56 Å². The van der Waals surface area contributed by atoms with Crippen molar-refractivity contribution in [1.29, 1.82) is 0 Å². The van der Waals surface area contributed by atoms with Crippen LogP contribution in [0.4, 0.5) is 14.6 Å². The number of nitrogens with two attached hydrogens (primary N) is 1. The first-order valence-corrected chi connectivity index (χ1v) is 4.96. The van der Waals surface area contributed by atoms with Crippen molar-refractivity contribution in [3.05, 3.63) is 20.9 Å². The van der Waals surface area contributed by atoms with Gasteiger partial charge in [0.25, 0.3) is 6.43 Å². The van der Waals surface area contributed by atoms with Crippen molar-refractivity contribution in [1.82, 2.24) is 4.98 Å². The Labute approximate surface area is 92.6 Å². The molecule has 0 bridgehead atoms. The van der Waals surface area contributed by atoms with E-state index in [1.807, 2.05) is 0 Å². The molecule has 2 nitrogen and oxygen atoms in total. The van der Waals surface area contributed by atoms with Crippen LogP contribution in [-0.4, -0.2) is 4.98 Å². The van der Waals surface area contributed by atoms with Gasteiger partial charge in [-0.05, 0) is 28.7 Å². The summed E-state index contributed by atoms with van der Waals surface area (Å²) in [6, 6.07) is 1.29. The lowest BCUT2D eigenvalue weighted by molar-refractivity contribution is 0.150. The Kier molecular flexibility index (Phi) is 3.66. The highest BCUT2D eigenvalue weighted by atomic mass is 127. The molecule has 1 aromatic heterocycles. The number of halogens is 4. The molecule has 0 amide bonds. The molecule has 0 atom stereocenters. The second-order valence-electron chi connectivity index (χ2n) is 2.35. The predicted octanol–water partition coefficient (Wildman–Crippen LogP) is 2.94. The summed E-state index contributed by atoms with van der Waals surface area (Å²) >= 11 is 7.21. The maximum atomic E-state index is 12.3. The Balaban J connectivity index is 3.22. The first-order chi connectivity index (χ1) is 6.06. The largest absolute Gasteiger partial charge is 0.383 e. The van der Waals surface area contributed by atoms with Crippen molar-refractivity contribution in [3.8, 4) is 0 Å². The fourth-order valence-corrected chi connectivity index (χ4v) is 1.69. The molecule has 0 aliphatic heterocycles. The lowest BCUT2D eigenvalue weighted by atomic mass is 10.2. The molecule has 0 saturated heterocycles. The van der Waals surface area contributed by atoms with Gasteiger partial charge in [0.1, 0.15) is 9.52 Å². The maximum absolute atomic E-state index is 12.3. The minimum atomic E-state index is -2.54. The minimum absolute atomic E-state index is 0.0927. The van der Waals surface area contributed by atoms with Gasteiger partial charge in [0.15, 0.2) is 0 Å². The molecule has 0 spiro atoms. The number of alkyl halides is 3. The van der Waals surface area contributed by atoms with E-state index in [0.29, 0.717) is 5.56 Å². The average molecular weight is 318 g/mol. The van der Waals surface area contributed by atoms with Gasteiger partial charge in [-0.25, -0.2) is 13.8 Å². The van der Waals surface area contributed by atoms with E-state index < -0.39 is 6.43 Å². The van der Waals surface area contributed by atoms with Gasteiger partial charge in [-0.3, -0.25) is 0 Å². The number of anilines is 1. The third kappa shape index (κ3) is 2.40. The van der Waals surface area contributed by atoms with Gasteiger partial charge in [0.05, 0.1) is 11.4 Å². The molecule has 0 aliphatic rings. The Morgan fingerprint density at radius 3 is 2.69 bits per heavy atom. The molecule has 1 heterocycles. The molecule has 2 N–H and O–H groups in total. The van der Waals surface area contributed by atoms with Gasteiger partial charge in [0.2, 0.25) is 0 Å². The summed E-state index contributed by atoms with van der Waals surface area (Å²) in [5.74, 6) is 0.305. The molecule has 0 aromatic carbocycles. The Hall–Kier alpha value is -0.170. The third-order valence-electron chi connectivity index (χ3n) is 1.49. The number of aromatic nitrogens is 1. The van der Waals surface area contributed by atoms with E-state index in [4.69, 9.17) is 17.3 Å². The quantitative estimate of drug-likeness (QED) is 0.517. The van der Waals surface area contributed by atoms with Crippen LogP contribution in [0, 0.1) is 3.70 Å². The summed E-state index contributed by atoms with van der Waals surface area (Å²) in [6.07, 6.45) is -2.54. The van der Waals surface area contributed by atoms with E-state index in [2.05, 4.69) is 4.98 Å². The van der Waals surface area contributed by atoms with E-state index in [1.165, 1.54) is 6.07 Å². The Morgan fingerprint density at radius 1 is 1.62 bits per heavy atom. The Bertz CT molecular complexity index is 320. The van der Waals surface area contributed by atoms with Gasteiger partial charge in [-0.1, -0.05) is 0 Å². The average Bonchev–Trinajstić information content (AvgIpc) is 2.03. The third-order valence-corrected chi connectivity index (χ3v) is 2.65. The highest BCUT2D eigenvalue weighted by Crippen LogP contribution is 2.26.